The van der Waals surface area contributed by atoms with Gasteiger partial charge >= 0.3 is 0 Å². The van der Waals surface area contributed by atoms with Gasteiger partial charge in [0.2, 0.25) is 0 Å². The monoisotopic (exact) mass is 260 g/mol. The third-order valence-corrected chi connectivity index (χ3v) is 2.86. The maximum Gasteiger partial charge on any atom is 0.119 e. The summed E-state index contributed by atoms with van der Waals surface area (Å²) in [5.74, 6) is 2.00. The molecule has 0 aliphatic rings. The Morgan fingerprint density at radius 3 is 2.54 bits per heavy atom. The molecule has 0 saturated carbocycles. The van der Waals surface area contributed by atoms with E-state index in [0.29, 0.717) is 0 Å². The van der Waals surface area contributed by atoms with Crippen molar-refractivity contribution in [2.45, 2.75) is 5.33 Å². The zero-order valence-corrected chi connectivity index (χ0v) is 10.0. The van der Waals surface area contributed by atoms with E-state index in [-0.39, 0.29) is 0 Å². The Hall–Kier alpha value is -0.150. The summed E-state index contributed by atoms with van der Waals surface area (Å²) >= 11 is 5.20. The summed E-state index contributed by atoms with van der Waals surface area (Å²) in [6, 6.07) is 8.17. The standard InChI is InChI=1S/C10H13BrOS/c1-13-7-6-12-10-4-2-9(8-11)3-5-10/h2-5H,6-8H2,1H3. The Kier molecular flexibility index (Phi) is 5.32. The lowest BCUT2D eigenvalue weighted by atomic mass is 10.2. The van der Waals surface area contributed by atoms with Gasteiger partial charge in [-0.3, -0.25) is 0 Å². The van der Waals surface area contributed by atoms with Crippen LogP contribution in [0, 0.1) is 0 Å². The Labute approximate surface area is 92.0 Å². The first-order valence-electron chi connectivity index (χ1n) is 4.13. The predicted octanol–water partition coefficient (Wildman–Crippen LogP) is 3.32. The van der Waals surface area contributed by atoms with E-state index in [4.69, 9.17) is 4.74 Å². The van der Waals surface area contributed by atoms with Crippen LogP contribution in [0.5, 0.6) is 5.75 Å². The molecule has 1 aromatic carbocycles. The summed E-state index contributed by atoms with van der Waals surface area (Å²) in [6.07, 6.45) is 2.08. The van der Waals surface area contributed by atoms with Crippen LogP contribution in [-0.4, -0.2) is 18.6 Å². The SMILES string of the molecule is CSCCOc1ccc(CBr)cc1. The summed E-state index contributed by atoms with van der Waals surface area (Å²) in [5, 5.41) is 0.901. The second-order valence-electron chi connectivity index (χ2n) is 2.62. The number of benzene rings is 1. The van der Waals surface area contributed by atoms with Crippen molar-refractivity contribution in [1.82, 2.24) is 0 Å². The molecule has 0 aromatic heterocycles. The van der Waals surface area contributed by atoms with Crippen LogP contribution >= 0.6 is 27.7 Å². The van der Waals surface area contributed by atoms with Gasteiger partial charge in [0.1, 0.15) is 5.75 Å². The molecule has 0 amide bonds. The van der Waals surface area contributed by atoms with Crippen molar-refractivity contribution >= 4 is 27.7 Å². The summed E-state index contributed by atoms with van der Waals surface area (Å²) in [6.45, 7) is 0.787. The van der Waals surface area contributed by atoms with Crippen LogP contribution in [0.4, 0.5) is 0 Å². The van der Waals surface area contributed by atoms with Crippen LogP contribution < -0.4 is 4.74 Å². The van der Waals surface area contributed by atoms with Crippen molar-refractivity contribution < 1.29 is 4.74 Å². The molecule has 0 spiro atoms. The minimum absolute atomic E-state index is 0.787. The van der Waals surface area contributed by atoms with Gasteiger partial charge in [0.25, 0.3) is 0 Å². The average Bonchev–Trinajstić information content (AvgIpc) is 2.19. The molecule has 0 aliphatic heterocycles. The number of hydrogen-bond donors (Lipinski definition) is 0. The minimum Gasteiger partial charge on any atom is -0.493 e. The second kappa shape index (κ2) is 6.33. The molecule has 0 aliphatic carbocycles. The molecule has 0 saturated heterocycles. The number of thioether (sulfide) groups is 1. The van der Waals surface area contributed by atoms with Crippen molar-refractivity contribution in [3.8, 4) is 5.75 Å². The average molecular weight is 261 g/mol. The smallest absolute Gasteiger partial charge is 0.119 e. The summed E-state index contributed by atoms with van der Waals surface area (Å²) in [7, 11) is 0. The maximum absolute atomic E-state index is 5.51. The molecule has 1 nitrogen and oxygen atoms in total. The van der Waals surface area contributed by atoms with Gasteiger partial charge < -0.3 is 4.74 Å². The summed E-state index contributed by atoms with van der Waals surface area (Å²) in [4.78, 5) is 0. The number of alkyl halides is 1. The van der Waals surface area contributed by atoms with Crippen molar-refractivity contribution in [1.29, 1.82) is 0 Å². The molecule has 0 bridgehead atoms. The fourth-order valence-corrected chi connectivity index (χ4v) is 1.54. The molecule has 0 fully saturated rings. The van der Waals surface area contributed by atoms with E-state index in [9.17, 15) is 0 Å². The number of ether oxygens (including phenoxy) is 1. The van der Waals surface area contributed by atoms with Gasteiger partial charge in [0.15, 0.2) is 0 Å². The molecule has 0 radical (unpaired) electrons. The van der Waals surface area contributed by atoms with Gasteiger partial charge in [-0.05, 0) is 24.0 Å². The predicted molar refractivity (Wildman–Crippen MR) is 63.0 cm³/mol. The molecule has 0 N–H and O–H groups in total. The third-order valence-electron chi connectivity index (χ3n) is 1.63. The topological polar surface area (TPSA) is 9.23 Å². The molecule has 0 heterocycles. The van der Waals surface area contributed by atoms with E-state index in [2.05, 4.69) is 34.3 Å². The fourth-order valence-electron chi connectivity index (χ4n) is 0.918. The lowest BCUT2D eigenvalue weighted by molar-refractivity contribution is 0.344. The molecule has 0 atom stereocenters. The van der Waals surface area contributed by atoms with Gasteiger partial charge in [-0.2, -0.15) is 11.8 Å². The highest BCUT2D eigenvalue weighted by atomic mass is 79.9. The van der Waals surface area contributed by atoms with Crippen molar-refractivity contribution in [2.75, 3.05) is 18.6 Å². The van der Waals surface area contributed by atoms with E-state index in [1.807, 2.05) is 12.1 Å². The van der Waals surface area contributed by atoms with Gasteiger partial charge in [-0.1, -0.05) is 28.1 Å². The highest BCUT2D eigenvalue weighted by Gasteiger charge is 1.93. The lowest BCUT2D eigenvalue weighted by Gasteiger charge is -2.04. The number of rotatable bonds is 5. The molecule has 1 aromatic rings. The first-order chi connectivity index (χ1) is 6.36. The van der Waals surface area contributed by atoms with Crippen LogP contribution in [0.25, 0.3) is 0 Å². The van der Waals surface area contributed by atoms with Gasteiger partial charge in [0, 0.05) is 11.1 Å². The van der Waals surface area contributed by atoms with Crippen molar-refractivity contribution in [3.63, 3.8) is 0 Å². The lowest BCUT2D eigenvalue weighted by Crippen LogP contribution is -1.99. The summed E-state index contributed by atoms with van der Waals surface area (Å²) < 4.78 is 5.51. The van der Waals surface area contributed by atoms with E-state index in [0.717, 1.165) is 23.4 Å². The van der Waals surface area contributed by atoms with Crippen LogP contribution in [0.1, 0.15) is 5.56 Å². The van der Waals surface area contributed by atoms with E-state index in [1.54, 1.807) is 11.8 Å². The first kappa shape index (κ1) is 10.9. The van der Waals surface area contributed by atoms with Crippen LogP contribution in [0.3, 0.4) is 0 Å². The molecule has 0 unspecified atom stereocenters. The number of halogens is 1. The van der Waals surface area contributed by atoms with Crippen LogP contribution in [0.2, 0.25) is 0 Å². The quantitative estimate of drug-likeness (QED) is 0.594. The Balaban J connectivity index is 2.40. The maximum atomic E-state index is 5.51. The van der Waals surface area contributed by atoms with Crippen molar-refractivity contribution in [3.05, 3.63) is 29.8 Å². The zero-order valence-electron chi connectivity index (χ0n) is 7.63. The molecule has 1 rings (SSSR count). The Bertz CT molecular complexity index is 235. The van der Waals surface area contributed by atoms with Crippen LogP contribution in [-0.2, 0) is 5.33 Å². The molecule has 3 heteroatoms. The normalized spacial score (nSPS) is 10.0. The molecular weight excluding hydrogens is 248 g/mol. The largest absolute Gasteiger partial charge is 0.493 e. The van der Waals surface area contributed by atoms with Gasteiger partial charge in [-0.15, -0.1) is 0 Å². The Morgan fingerprint density at radius 2 is 2.00 bits per heavy atom. The van der Waals surface area contributed by atoms with E-state index in [1.165, 1.54) is 5.56 Å². The van der Waals surface area contributed by atoms with Crippen LogP contribution in [0.15, 0.2) is 24.3 Å². The molecule has 72 valence electrons. The molecular formula is C10H13BrOS. The fraction of sp³-hybridized carbons (Fsp3) is 0.400. The van der Waals surface area contributed by atoms with E-state index >= 15 is 0 Å². The zero-order chi connectivity index (χ0) is 9.52. The second-order valence-corrected chi connectivity index (χ2v) is 4.17. The first-order valence-corrected chi connectivity index (χ1v) is 6.65. The Morgan fingerprint density at radius 1 is 1.31 bits per heavy atom. The van der Waals surface area contributed by atoms with Gasteiger partial charge in [-0.25, -0.2) is 0 Å². The van der Waals surface area contributed by atoms with Crippen molar-refractivity contribution in [2.24, 2.45) is 0 Å². The van der Waals surface area contributed by atoms with Gasteiger partial charge in [0.05, 0.1) is 6.61 Å². The number of hydrogen-bond acceptors (Lipinski definition) is 2. The highest BCUT2D eigenvalue weighted by Crippen LogP contribution is 2.14. The highest BCUT2D eigenvalue weighted by molar-refractivity contribution is 9.08. The summed E-state index contributed by atoms with van der Waals surface area (Å²) in [5.41, 5.74) is 1.28. The third kappa shape index (κ3) is 4.05. The minimum atomic E-state index is 0.787. The molecule has 13 heavy (non-hydrogen) atoms. The van der Waals surface area contributed by atoms with E-state index < -0.39 is 0 Å².